The maximum absolute atomic E-state index is 9.40. The van der Waals surface area contributed by atoms with Crippen LogP contribution in [0.15, 0.2) is 42.5 Å². The van der Waals surface area contributed by atoms with Crippen molar-refractivity contribution in [2.45, 2.75) is 13.3 Å². The zero-order valence-electron chi connectivity index (χ0n) is 9.14. The SMILES string of the molecule is CCc1ccc(-c2cc(O)cc(O)c2)cc1. The third kappa shape index (κ3) is 2.16. The maximum Gasteiger partial charge on any atom is 0.119 e. The molecule has 2 aromatic rings. The van der Waals surface area contributed by atoms with Crippen LogP contribution in [-0.2, 0) is 6.42 Å². The lowest BCUT2D eigenvalue weighted by atomic mass is 10.0. The smallest absolute Gasteiger partial charge is 0.119 e. The van der Waals surface area contributed by atoms with Gasteiger partial charge in [0, 0.05) is 6.07 Å². The van der Waals surface area contributed by atoms with E-state index in [1.807, 2.05) is 12.1 Å². The normalized spacial score (nSPS) is 10.3. The van der Waals surface area contributed by atoms with E-state index in [0.29, 0.717) is 0 Å². The number of hydrogen-bond donors (Lipinski definition) is 2. The van der Waals surface area contributed by atoms with Crippen LogP contribution in [0.4, 0.5) is 0 Å². The van der Waals surface area contributed by atoms with Gasteiger partial charge >= 0.3 is 0 Å². The Balaban J connectivity index is 2.42. The van der Waals surface area contributed by atoms with Crippen LogP contribution in [0.3, 0.4) is 0 Å². The topological polar surface area (TPSA) is 40.5 Å². The average molecular weight is 214 g/mol. The third-order valence-corrected chi connectivity index (χ3v) is 2.60. The van der Waals surface area contributed by atoms with Gasteiger partial charge in [-0.2, -0.15) is 0 Å². The van der Waals surface area contributed by atoms with Crippen molar-refractivity contribution in [3.63, 3.8) is 0 Å². The summed E-state index contributed by atoms with van der Waals surface area (Å²) in [6, 6.07) is 12.7. The van der Waals surface area contributed by atoms with Crippen LogP contribution in [0.2, 0.25) is 0 Å². The summed E-state index contributed by atoms with van der Waals surface area (Å²) in [6.07, 6.45) is 1.01. The highest BCUT2D eigenvalue weighted by Crippen LogP contribution is 2.28. The Morgan fingerprint density at radius 3 is 1.88 bits per heavy atom. The molecule has 0 saturated carbocycles. The van der Waals surface area contributed by atoms with Crippen molar-refractivity contribution in [1.82, 2.24) is 0 Å². The molecular weight excluding hydrogens is 200 g/mol. The molecule has 0 aliphatic carbocycles. The highest BCUT2D eigenvalue weighted by Gasteiger charge is 2.01. The van der Waals surface area contributed by atoms with Crippen LogP contribution < -0.4 is 0 Å². The third-order valence-electron chi connectivity index (χ3n) is 2.60. The number of phenolic OH excluding ortho intramolecular Hbond substituents is 2. The van der Waals surface area contributed by atoms with Gasteiger partial charge in [0.15, 0.2) is 0 Å². The zero-order chi connectivity index (χ0) is 11.5. The van der Waals surface area contributed by atoms with Gasteiger partial charge in [-0.3, -0.25) is 0 Å². The van der Waals surface area contributed by atoms with E-state index in [1.54, 1.807) is 12.1 Å². The minimum absolute atomic E-state index is 0.0783. The minimum atomic E-state index is 0.0783. The summed E-state index contributed by atoms with van der Waals surface area (Å²) in [5.41, 5.74) is 3.08. The molecule has 2 nitrogen and oxygen atoms in total. The Hall–Kier alpha value is -1.96. The lowest BCUT2D eigenvalue weighted by Gasteiger charge is -2.04. The monoisotopic (exact) mass is 214 g/mol. The molecule has 82 valence electrons. The second kappa shape index (κ2) is 4.27. The van der Waals surface area contributed by atoms with E-state index >= 15 is 0 Å². The largest absolute Gasteiger partial charge is 0.508 e. The summed E-state index contributed by atoms with van der Waals surface area (Å²) in [4.78, 5) is 0. The highest BCUT2D eigenvalue weighted by atomic mass is 16.3. The summed E-state index contributed by atoms with van der Waals surface area (Å²) in [5.74, 6) is 0.157. The molecule has 0 unspecified atom stereocenters. The standard InChI is InChI=1S/C14H14O2/c1-2-10-3-5-11(6-4-10)12-7-13(15)9-14(16)8-12/h3-9,15-16H,2H2,1H3. The Morgan fingerprint density at radius 2 is 1.38 bits per heavy atom. The highest BCUT2D eigenvalue weighted by molar-refractivity contribution is 5.67. The average Bonchev–Trinajstić information content (AvgIpc) is 2.28. The van der Waals surface area contributed by atoms with Crippen LogP contribution in [0.5, 0.6) is 11.5 Å². The molecule has 0 heterocycles. The first-order valence-electron chi connectivity index (χ1n) is 5.31. The van der Waals surface area contributed by atoms with E-state index in [2.05, 4.69) is 19.1 Å². The van der Waals surface area contributed by atoms with Gasteiger partial charge in [0.1, 0.15) is 11.5 Å². The maximum atomic E-state index is 9.40. The van der Waals surface area contributed by atoms with E-state index in [4.69, 9.17) is 0 Å². The van der Waals surface area contributed by atoms with Crippen LogP contribution in [0.1, 0.15) is 12.5 Å². The molecule has 16 heavy (non-hydrogen) atoms. The molecule has 0 aliphatic rings. The molecule has 0 bridgehead atoms. The van der Waals surface area contributed by atoms with Crippen LogP contribution >= 0.6 is 0 Å². The van der Waals surface area contributed by atoms with Crippen molar-refractivity contribution in [2.75, 3.05) is 0 Å². The van der Waals surface area contributed by atoms with Gasteiger partial charge in [-0.1, -0.05) is 31.2 Å². The summed E-state index contributed by atoms with van der Waals surface area (Å²) in [6.45, 7) is 2.11. The zero-order valence-corrected chi connectivity index (χ0v) is 9.14. The lowest BCUT2D eigenvalue weighted by molar-refractivity contribution is 0.451. The Morgan fingerprint density at radius 1 is 0.812 bits per heavy atom. The van der Waals surface area contributed by atoms with Gasteiger partial charge in [-0.25, -0.2) is 0 Å². The van der Waals surface area contributed by atoms with Crippen molar-refractivity contribution in [2.24, 2.45) is 0 Å². The number of benzene rings is 2. The van der Waals surface area contributed by atoms with E-state index in [9.17, 15) is 10.2 Å². The molecule has 0 aromatic heterocycles. The predicted molar refractivity (Wildman–Crippen MR) is 64.6 cm³/mol. The fourth-order valence-electron chi connectivity index (χ4n) is 1.69. The first kappa shape index (κ1) is 10.6. The number of hydrogen-bond acceptors (Lipinski definition) is 2. The van der Waals surface area contributed by atoms with E-state index in [0.717, 1.165) is 17.5 Å². The Kier molecular flexibility index (Phi) is 2.82. The van der Waals surface area contributed by atoms with E-state index < -0.39 is 0 Å². The molecule has 0 radical (unpaired) electrons. The fourth-order valence-corrected chi connectivity index (χ4v) is 1.69. The van der Waals surface area contributed by atoms with Gasteiger partial charge in [0.25, 0.3) is 0 Å². The van der Waals surface area contributed by atoms with Crippen molar-refractivity contribution < 1.29 is 10.2 Å². The molecule has 0 atom stereocenters. The number of phenols is 2. The Bertz CT molecular complexity index is 466. The summed E-state index contributed by atoms with van der Waals surface area (Å²) in [5, 5.41) is 18.8. The Labute approximate surface area is 94.8 Å². The van der Waals surface area contributed by atoms with Gasteiger partial charge < -0.3 is 10.2 Å². The van der Waals surface area contributed by atoms with Crippen LogP contribution in [0, 0.1) is 0 Å². The first-order chi connectivity index (χ1) is 7.69. The molecule has 0 fully saturated rings. The van der Waals surface area contributed by atoms with Crippen molar-refractivity contribution in [3.05, 3.63) is 48.0 Å². The second-order valence-electron chi connectivity index (χ2n) is 3.79. The van der Waals surface area contributed by atoms with Gasteiger partial charge in [-0.05, 0) is 35.2 Å². The molecular formula is C14H14O2. The second-order valence-corrected chi connectivity index (χ2v) is 3.79. The van der Waals surface area contributed by atoms with Crippen molar-refractivity contribution in [3.8, 4) is 22.6 Å². The number of aromatic hydroxyl groups is 2. The molecule has 0 aliphatic heterocycles. The molecule has 2 heteroatoms. The van der Waals surface area contributed by atoms with Gasteiger partial charge in [0.05, 0.1) is 0 Å². The number of rotatable bonds is 2. The lowest BCUT2D eigenvalue weighted by Crippen LogP contribution is -1.81. The summed E-state index contributed by atoms with van der Waals surface area (Å²) in [7, 11) is 0. The number of aryl methyl sites for hydroxylation is 1. The van der Waals surface area contributed by atoms with E-state index in [-0.39, 0.29) is 11.5 Å². The van der Waals surface area contributed by atoms with Crippen LogP contribution in [0.25, 0.3) is 11.1 Å². The molecule has 2 N–H and O–H groups in total. The van der Waals surface area contributed by atoms with Crippen molar-refractivity contribution in [1.29, 1.82) is 0 Å². The minimum Gasteiger partial charge on any atom is -0.508 e. The molecule has 2 aromatic carbocycles. The molecule has 0 spiro atoms. The molecule has 2 rings (SSSR count). The molecule has 0 amide bonds. The molecule has 0 saturated heterocycles. The van der Waals surface area contributed by atoms with Crippen LogP contribution in [-0.4, -0.2) is 10.2 Å². The quantitative estimate of drug-likeness (QED) is 0.805. The predicted octanol–water partition coefficient (Wildman–Crippen LogP) is 3.33. The fraction of sp³-hybridized carbons (Fsp3) is 0.143. The van der Waals surface area contributed by atoms with Crippen molar-refractivity contribution >= 4 is 0 Å². The van der Waals surface area contributed by atoms with Gasteiger partial charge in [-0.15, -0.1) is 0 Å². The first-order valence-corrected chi connectivity index (χ1v) is 5.31. The van der Waals surface area contributed by atoms with E-state index in [1.165, 1.54) is 11.6 Å². The summed E-state index contributed by atoms with van der Waals surface area (Å²) >= 11 is 0. The van der Waals surface area contributed by atoms with Gasteiger partial charge in [0.2, 0.25) is 0 Å². The summed E-state index contributed by atoms with van der Waals surface area (Å²) < 4.78 is 0.